The molecule has 0 saturated carbocycles. The number of amides is 1. The van der Waals surface area contributed by atoms with Crippen LogP contribution < -0.4 is 15.5 Å². The number of carboxylic acid groups (broad SMARTS) is 1. The van der Waals surface area contributed by atoms with E-state index in [1.165, 1.54) is 4.57 Å². The Morgan fingerprint density at radius 1 is 1.09 bits per heavy atom. The standard InChI is InChI=1S/C22H20F2N2O6/c1-22(2,3)32-20(28)25-10-12-4-6-13(7-5-12)26-11-18(31-21(29)30)19(27)14-8-15(23)16(24)9-17(14)26/h4-9,11H,10H2,1-3H3,(H,25,28)(H,29,30). The Hall–Kier alpha value is -3.95. The molecule has 0 aliphatic rings. The van der Waals surface area contributed by atoms with Gasteiger partial charge in [0.05, 0.1) is 17.1 Å². The Labute approximate surface area is 181 Å². The molecule has 10 heteroatoms. The molecule has 32 heavy (non-hydrogen) atoms. The third kappa shape index (κ3) is 5.20. The van der Waals surface area contributed by atoms with Crippen molar-refractivity contribution in [3.05, 3.63) is 70.0 Å². The summed E-state index contributed by atoms with van der Waals surface area (Å²) in [5, 5.41) is 11.2. The van der Waals surface area contributed by atoms with Crippen LogP contribution in [-0.4, -0.2) is 27.5 Å². The van der Waals surface area contributed by atoms with Crippen LogP contribution in [0.2, 0.25) is 0 Å². The molecule has 1 aromatic heterocycles. The minimum Gasteiger partial charge on any atom is -0.449 e. The molecule has 168 valence electrons. The number of hydrogen-bond acceptors (Lipinski definition) is 5. The summed E-state index contributed by atoms with van der Waals surface area (Å²) in [5.41, 5.74) is -0.382. The van der Waals surface area contributed by atoms with E-state index in [1.54, 1.807) is 45.0 Å². The Morgan fingerprint density at radius 3 is 2.31 bits per heavy atom. The summed E-state index contributed by atoms with van der Waals surface area (Å²) in [6.07, 6.45) is -1.22. The molecule has 0 bridgehead atoms. The van der Waals surface area contributed by atoms with Gasteiger partial charge in [-0.25, -0.2) is 18.4 Å². The lowest BCUT2D eigenvalue weighted by molar-refractivity contribution is 0.0523. The summed E-state index contributed by atoms with van der Waals surface area (Å²) in [5.74, 6) is -2.99. The molecule has 0 aliphatic carbocycles. The van der Waals surface area contributed by atoms with E-state index >= 15 is 0 Å². The summed E-state index contributed by atoms with van der Waals surface area (Å²) in [4.78, 5) is 35.2. The van der Waals surface area contributed by atoms with Crippen LogP contribution in [0, 0.1) is 11.6 Å². The van der Waals surface area contributed by atoms with E-state index in [0.717, 1.165) is 12.3 Å². The van der Waals surface area contributed by atoms with Crippen LogP contribution in [-0.2, 0) is 11.3 Å². The molecule has 0 atom stereocenters. The van der Waals surface area contributed by atoms with E-state index in [1.807, 2.05) is 0 Å². The van der Waals surface area contributed by atoms with E-state index in [-0.39, 0.29) is 17.4 Å². The van der Waals surface area contributed by atoms with Crippen molar-refractivity contribution in [3.63, 3.8) is 0 Å². The van der Waals surface area contributed by atoms with Crippen LogP contribution in [0.15, 0.2) is 47.4 Å². The molecule has 0 saturated heterocycles. The van der Waals surface area contributed by atoms with Gasteiger partial charge in [0.25, 0.3) is 0 Å². The number of benzene rings is 2. The van der Waals surface area contributed by atoms with Crippen molar-refractivity contribution in [1.82, 2.24) is 9.88 Å². The number of aromatic nitrogens is 1. The molecule has 2 aromatic carbocycles. The second-order valence-corrected chi connectivity index (χ2v) is 7.87. The van der Waals surface area contributed by atoms with Crippen molar-refractivity contribution < 1.29 is 33.0 Å². The molecule has 8 nitrogen and oxygen atoms in total. The van der Waals surface area contributed by atoms with Crippen molar-refractivity contribution in [3.8, 4) is 11.4 Å². The van der Waals surface area contributed by atoms with Crippen LogP contribution in [0.5, 0.6) is 5.75 Å². The van der Waals surface area contributed by atoms with Gasteiger partial charge in [-0.15, -0.1) is 0 Å². The molecule has 1 amide bonds. The molecular weight excluding hydrogens is 426 g/mol. The van der Waals surface area contributed by atoms with Gasteiger partial charge < -0.3 is 24.5 Å². The van der Waals surface area contributed by atoms with Gasteiger partial charge in [0.15, 0.2) is 17.4 Å². The molecule has 0 fully saturated rings. The third-order valence-electron chi connectivity index (χ3n) is 4.26. The number of fused-ring (bicyclic) bond motifs is 1. The Balaban J connectivity index is 1.97. The first-order valence-corrected chi connectivity index (χ1v) is 9.46. The Morgan fingerprint density at radius 2 is 1.72 bits per heavy atom. The predicted molar refractivity (Wildman–Crippen MR) is 111 cm³/mol. The molecule has 0 unspecified atom stereocenters. The lowest BCUT2D eigenvalue weighted by Gasteiger charge is -2.19. The normalized spacial score (nSPS) is 11.3. The van der Waals surface area contributed by atoms with E-state index in [2.05, 4.69) is 10.1 Å². The topological polar surface area (TPSA) is 107 Å². The first-order valence-electron chi connectivity index (χ1n) is 9.46. The number of ether oxygens (including phenoxy) is 2. The number of pyridine rings is 1. The maximum atomic E-state index is 13.9. The molecule has 0 aliphatic heterocycles. The summed E-state index contributed by atoms with van der Waals surface area (Å²) in [6.45, 7) is 5.40. The number of nitrogens with zero attached hydrogens (tertiary/aromatic N) is 1. The van der Waals surface area contributed by atoms with E-state index in [4.69, 9.17) is 9.84 Å². The van der Waals surface area contributed by atoms with Gasteiger partial charge in [-0.3, -0.25) is 4.79 Å². The molecule has 3 rings (SSSR count). The number of rotatable bonds is 4. The number of hydrogen-bond donors (Lipinski definition) is 2. The van der Waals surface area contributed by atoms with Crippen LogP contribution in [0.1, 0.15) is 26.3 Å². The molecule has 3 aromatic rings. The van der Waals surface area contributed by atoms with E-state index < -0.39 is 40.7 Å². The maximum Gasteiger partial charge on any atom is 0.511 e. The lowest BCUT2D eigenvalue weighted by Crippen LogP contribution is -2.32. The zero-order chi connectivity index (χ0) is 23.6. The minimum atomic E-state index is -1.72. The fraction of sp³-hybridized carbons (Fsp3) is 0.227. The van der Waals surface area contributed by atoms with Crippen molar-refractivity contribution in [2.24, 2.45) is 0 Å². The summed E-state index contributed by atoms with van der Waals surface area (Å²) in [7, 11) is 0. The number of alkyl carbamates (subject to hydrolysis) is 1. The number of halogens is 2. The van der Waals surface area contributed by atoms with Gasteiger partial charge in [0.1, 0.15) is 5.60 Å². The van der Waals surface area contributed by atoms with Crippen LogP contribution in [0.3, 0.4) is 0 Å². The van der Waals surface area contributed by atoms with Gasteiger partial charge >= 0.3 is 12.2 Å². The Bertz CT molecular complexity index is 1250. The molecule has 0 spiro atoms. The number of carbonyl (C=O) groups excluding carboxylic acids is 1. The smallest absolute Gasteiger partial charge is 0.449 e. The average molecular weight is 446 g/mol. The monoisotopic (exact) mass is 446 g/mol. The van der Waals surface area contributed by atoms with Gasteiger partial charge in [-0.1, -0.05) is 12.1 Å². The molecular formula is C22H20F2N2O6. The lowest BCUT2D eigenvalue weighted by atomic mass is 10.1. The second-order valence-electron chi connectivity index (χ2n) is 7.87. The van der Waals surface area contributed by atoms with Crippen LogP contribution in [0.25, 0.3) is 16.6 Å². The highest BCUT2D eigenvalue weighted by Crippen LogP contribution is 2.23. The first kappa shape index (κ1) is 22.7. The maximum absolute atomic E-state index is 13.9. The minimum absolute atomic E-state index is 0.0197. The van der Waals surface area contributed by atoms with Crippen LogP contribution in [0.4, 0.5) is 18.4 Å². The zero-order valence-electron chi connectivity index (χ0n) is 17.4. The van der Waals surface area contributed by atoms with Crippen molar-refractivity contribution in [2.45, 2.75) is 32.9 Å². The van der Waals surface area contributed by atoms with Crippen molar-refractivity contribution >= 4 is 23.2 Å². The Kier molecular flexibility index (Phi) is 6.15. The second kappa shape index (κ2) is 8.66. The number of nitrogens with one attached hydrogen (secondary N) is 1. The summed E-state index contributed by atoms with van der Waals surface area (Å²) >= 11 is 0. The largest absolute Gasteiger partial charge is 0.511 e. The predicted octanol–water partition coefficient (Wildman–Crippen LogP) is 4.35. The van der Waals surface area contributed by atoms with Gasteiger partial charge in [0, 0.05) is 18.3 Å². The summed E-state index contributed by atoms with van der Waals surface area (Å²) < 4.78 is 38.6. The fourth-order valence-corrected chi connectivity index (χ4v) is 2.94. The first-order chi connectivity index (χ1) is 14.9. The van der Waals surface area contributed by atoms with E-state index in [9.17, 15) is 23.2 Å². The average Bonchev–Trinajstić information content (AvgIpc) is 2.69. The van der Waals surface area contributed by atoms with Crippen molar-refractivity contribution in [2.75, 3.05) is 0 Å². The van der Waals surface area contributed by atoms with E-state index in [0.29, 0.717) is 17.3 Å². The van der Waals surface area contributed by atoms with Gasteiger partial charge in [0.2, 0.25) is 5.43 Å². The molecule has 1 heterocycles. The molecule has 0 radical (unpaired) electrons. The SMILES string of the molecule is CC(C)(C)OC(=O)NCc1ccc(-n2cc(OC(=O)O)c(=O)c3cc(F)c(F)cc32)cc1. The van der Waals surface area contributed by atoms with Crippen molar-refractivity contribution in [1.29, 1.82) is 0 Å². The van der Waals surface area contributed by atoms with Crippen LogP contribution >= 0.6 is 0 Å². The third-order valence-corrected chi connectivity index (χ3v) is 4.26. The number of carbonyl (C=O) groups is 2. The highest BCUT2D eigenvalue weighted by Gasteiger charge is 2.18. The van der Waals surface area contributed by atoms with Gasteiger partial charge in [-0.2, -0.15) is 0 Å². The highest BCUT2D eigenvalue weighted by atomic mass is 19.2. The van der Waals surface area contributed by atoms with Gasteiger partial charge in [-0.05, 0) is 44.5 Å². The fourth-order valence-electron chi connectivity index (χ4n) is 2.94. The highest BCUT2D eigenvalue weighted by molar-refractivity contribution is 5.82. The zero-order valence-corrected chi connectivity index (χ0v) is 17.4. The summed E-state index contributed by atoms with van der Waals surface area (Å²) in [6, 6.07) is 8.05. The molecule has 2 N–H and O–H groups in total. The quantitative estimate of drug-likeness (QED) is 0.577.